The zero-order valence-electron chi connectivity index (χ0n) is 25.6. The van der Waals surface area contributed by atoms with Gasteiger partial charge in [0.1, 0.15) is 0 Å². The van der Waals surface area contributed by atoms with Gasteiger partial charge in [0.05, 0.1) is 33.4 Å². The van der Waals surface area contributed by atoms with Gasteiger partial charge in [-0.3, -0.25) is 4.79 Å². The molecule has 2 aliphatic heterocycles. The summed E-state index contributed by atoms with van der Waals surface area (Å²) >= 11 is 0. The van der Waals surface area contributed by atoms with Gasteiger partial charge in [-0.15, -0.1) is 0 Å². The Morgan fingerprint density at radius 3 is 2.05 bits per heavy atom. The molecule has 3 aliphatic rings. The normalized spacial score (nSPS) is 25.5. The molecular formula is C31H41N3O9. The van der Waals surface area contributed by atoms with Crippen molar-refractivity contribution in [3.63, 3.8) is 0 Å². The predicted octanol–water partition coefficient (Wildman–Crippen LogP) is 3.36. The summed E-state index contributed by atoms with van der Waals surface area (Å²) in [5.74, 6) is -0.847. The van der Waals surface area contributed by atoms with Crippen molar-refractivity contribution in [3.05, 3.63) is 41.0 Å². The average molecular weight is 600 g/mol. The minimum atomic E-state index is -1.17. The maximum atomic E-state index is 14.2. The van der Waals surface area contributed by atoms with Crippen molar-refractivity contribution in [1.29, 1.82) is 0 Å². The van der Waals surface area contributed by atoms with E-state index < -0.39 is 47.4 Å². The van der Waals surface area contributed by atoms with E-state index in [-0.39, 0.29) is 6.79 Å². The van der Waals surface area contributed by atoms with Crippen molar-refractivity contribution in [3.8, 4) is 28.7 Å². The van der Waals surface area contributed by atoms with E-state index in [1.54, 1.807) is 24.3 Å². The number of rotatable bonds is 7. The molecule has 1 saturated heterocycles. The second kappa shape index (κ2) is 11.5. The molecular weight excluding hydrogens is 558 g/mol. The number of hydrogen-bond donors (Lipinski definition) is 4. The molecule has 0 aromatic heterocycles. The number of hydrazone groups is 1. The molecule has 0 saturated carbocycles. The molecule has 2 aromatic carbocycles. The first-order valence-corrected chi connectivity index (χ1v) is 14.2. The number of aliphatic hydroxyl groups is 2. The van der Waals surface area contributed by atoms with Crippen LogP contribution in [0, 0.1) is 11.8 Å². The minimum absolute atomic E-state index is 0.0337. The Hall–Kier alpha value is -3.58. The topological polar surface area (TPSA) is 152 Å². The van der Waals surface area contributed by atoms with Gasteiger partial charge < -0.3 is 39.1 Å². The summed E-state index contributed by atoms with van der Waals surface area (Å²) in [6.07, 6.45) is -0.300. The fourth-order valence-corrected chi connectivity index (χ4v) is 6.91. The molecule has 0 radical (unpaired) electrons. The van der Waals surface area contributed by atoms with Gasteiger partial charge in [0.25, 0.3) is 0 Å². The van der Waals surface area contributed by atoms with Crippen molar-refractivity contribution >= 4 is 11.6 Å². The number of methoxy groups -OCH3 is 3. The van der Waals surface area contributed by atoms with Crippen molar-refractivity contribution in [1.82, 2.24) is 10.5 Å². The lowest BCUT2D eigenvalue weighted by molar-refractivity contribution is -0.226. The molecule has 4 atom stereocenters. The first kappa shape index (κ1) is 30.9. The van der Waals surface area contributed by atoms with Crippen LogP contribution in [-0.4, -0.2) is 77.9 Å². The number of ether oxygens (including phenoxy) is 5. The molecule has 2 heterocycles. The zero-order valence-corrected chi connectivity index (χ0v) is 25.6. The lowest BCUT2D eigenvalue weighted by Gasteiger charge is -2.48. The Bertz CT molecular complexity index is 1380. The van der Waals surface area contributed by atoms with Gasteiger partial charge in [-0.1, -0.05) is 0 Å². The SMILES string of the molecule is COc1cc([C@@H]2c3cc4c(cc3C(O)C(CO)C2C(=O)NN=C2CC(C)(C)N(O)C(C)(C)C2)OCO4)cc(OC)c1OC. The van der Waals surface area contributed by atoms with Gasteiger partial charge in [0.15, 0.2) is 23.0 Å². The lowest BCUT2D eigenvalue weighted by atomic mass is 9.65. The Balaban J connectivity index is 1.63. The molecule has 5 rings (SSSR count). The van der Waals surface area contributed by atoms with Crippen molar-refractivity contribution in [2.24, 2.45) is 16.9 Å². The van der Waals surface area contributed by atoms with Crippen molar-refractivity contribution < 1.29 is 43.9 Å². The van der Waals surface area contributed by atoms with Crippen molar-refractivity contribution in [2.45, 2.75) is 63.6 Å². The molecule has 43 heavy (non-hydrogen) atoms. The number of piperidine rings is 1. The Morgan fingerprint density at radius 2 is 1.53 bits per heavy atom. The first-order valence-electron chi connectivity index (χ1n) is 14.2. The molecule has 1 amide bonds. The fourth-order valence-electron chi connectivity index (χ4n) is 6.91. The van der Waals surface area contributed by atoms with E-state index in [0.29, 0.717) is 58.3 Å². The van der Waals surface area contributed by atoms with E-state index >= 15 is 0 Å². The number of amides is 1. The number of carbonyl (C=O) groups is 1. The number of carbonyl (C=O) groups excluding carboxylic acids is 1. The molecule has 234 valence electrons. The molecule has 0 spiro atoms. The molecule has 12 nitrogen and oxygen atoms in total. The largest absolute Gasteiger partial charge is 0.493 e. The number of benzene rings is 2. The summed E-state index contributed by atoms with van der Waals surface area (Å²) in [7, 11) is 4.53. The first-order chi connectivity index (χ1) is 20.4. The van der Waals surface area contributed by atoms with E-state index in [2.05, 4.69) is 10.5 Å². The van der Waals surface area contributed by atoms with Gasteiger partial charge in [-0.2, -0.15) is 10.2 Å². The van der Waals surface area contributed by atoms with Gasteiger partial charge in [-0.05, 0) is 68.7 Å². The highest BCUT2D eigenvalue weighted by molar-refractivity contribution is 5.89. The molecule has 3 unspecified atom stereocenters. The molecule has 1 aliphatic carbocycles. The third-order valence-corrected chi connectivity index (χ3v) is 8.76. The highest BCUT2D eigenvalue weighted by atomic mass is 16.7. The van der Waals surface area contributed by atoms with E-state index in [1.165, 1.54) is 26.4 Å². The van der Waals surface area contributed by atoms with Crippen molar-refractivity contribution in [2.75, 3.05) is 34.7 Å². The van der Waals surface area contributed by atoms with Crippen LogP contribution in [0.25, 0.3) is 0 Å². The quantitative estimate of drug-likeness (QED) is 0.349. The van der Waals surface area contributed by atoms with Gasteiger partial charge >= 0.3 is 0 Å². The van der Waals surface area contributed by atoms with E-state index in [4.69, 9.17) is 23.7 Å². The van der Waals surface area contributed by atoms with Gasteiger partial charge in [0, 0.05) is 48.1 Å². The van der Waals surface area contributed by atoms with Gasteiger partial charge in [-0.25, -0.2) is 5.43 Å². The Kier molecular flexibility index (Phi) is 8.25. The van der Waals surface area contributed by atoms with Crippen LogP contribution in [0.2, 0.25) is 0 Å². The van der Waals surface area contributed by atoms with Crippen LogP contribution in [0.15, 0.2) is 29.4 Å². The summed E-state index contributed by atoms with van der Waals surface area (Å²) in [4.78, 5) is 14.2. The second-order valence-electron chi connectivity index (χ2n) is 12.5. The number of hydrogen-bond acceptors (Lipinski definition) is 11. The van der Waals surface area contributed by atoms with Crippen LogP contribution in [0.1, 0.15) is 69.2 Å². The fraction of sp³-hybridized carbons (Fsp3) is 0.548. The summed E-state index contributed by atoms with van der Waals surface area (Å²) < 4.78 is 28.0. The molecule has 12 heteroatoms. The Morgan fingerprint density at radius 1 is 0.977 bits per heavy atom. The standard InChI is InChI=1S/C31H41N3O9/c1-30(2)12-17(13-31(3,4)34(30)38)32-33-29(37)26-20(14-35)27(36)19-11-22-21(42-15-43-22)10-18(19)25(26)16-8-23(39-5)28(41-7)24(9-16)40-6/h8-11,20,25-27,35-36,38H,12-15H2,1-7H3,(H,33,37)/t20?,25-,26?,27?/m1/s1. The van der Waals surface area contributed by atoms with Gasteiger partial charge in [0.2, 0.25) is 18.4 Å². The van der Waals surface area contributed by atoms with Crippen LogP contribution in [0.4, 0.5) is 0 Å². The van der Waals surface area contributed by atoms with Crippen LogP contribution in [-0.2, 0) is 4.79 Å². The maximum Gasteiger partial charge on any atom is 0.244 e. The number of nitrogens with one attached hydrogen (secondary N) is 1. The van der Waals surface area contributed by atoms with Crippen LogP contribution in [0.3, 0.4) is 0 Å². The average Bonchev–Trinajstić information content (AvgIpc) is 3.44. The number of nitrogens with zero attached hydrogens (tertiary/aromatic N) is 2. The number of hydroxylamine groups is 2. The third kappa shape index (κ3) is 5.37. The highest BCUT2D eigenvalue weighted by Gasteiger charge is 2.48. The molecule has 0 bridgehead atoms. The molecule has 2 aromatic rings. The third-order valence-electron chi connectivity index (χ3n) is 8.76. The van der Waals surface area contributed by atoms with E-state index in [0.717, 1.165) is 5.71 Å². The second-order valence-corrected chi connectivity index (χ2v) is 12.5. The van der Waals surface area contributed by atoms with Crippen LogP contribution >= 0.6 is 0 Å². The maximum absolute atomic E-state index is 14.2. The number of aliphatic hydroxyl groups excluding tert-OH is 2. The molecule has 4 N–H and O–H groups in total. The summed E-state index contributed by atoms with van der Waals surface area (Å²) in [5.41, 5.74) is 4.08. The monoisotopic (exact) mass is 599 g/mol. The van der Waals surface area contributed by atoms with Crippen LogP contribution < -0.4 is 29.1 Å². The summed E-state index contributed by atoms with van der Waals surface area (Å²) in [6.45, 7) is 7.20. The van der Waals surface area contributed by atoms with Crippen LogP contribution in [0.5, 0.6) is 28.7 Å². The summed E-state index contributed by atoms with van der Waals surface area (Å²) in [5, 5.41) is 38.7. The highest BCUT2D eigenvalue weighted by Crippen LogP contribution is 2.53. The van der Waals surface area contributed by atoms with E-state index in [1.807, 2.05) is 27.7 Å². The zero-order chi connectivity index (χ0) is 31.3. The summed E-state index contributed by atoms with van der Waals surface area (Å²) in [6, 6.07) is 7.01. The van der Waals surface area contributed by atoms with E-state index in [9.17, 15) is 20.2 Å². The smallest absolute Gasteiger partial charge is 0.244 e. The minimum Gasteiger partial charge on any atom is -0.493 e. The predicted molar refractivity (Wildman–Crippen MR) is 156 cm³/mol. The number of fused-ring (bicyclic) bond motifs is 2. The Labute approximate surface area is 251 Å². The lowest BCUT2D eigenvalue weighted by Crippen LogP contribution is -2.59. The molecule has 1 fully saturated rings.